The first kappa shape index (κ1) is 11.4. The molecule has 2 nitrogen and oxygen atoms in total. The van der Waals surface area contributed by atoms with E-state index < -0.39 is 10.7 Å². The summed E-state index contributed by atoms with van der Waals surface area (Å²) in [4.78, 5) is -0.788. The third-order valence-corrected chi connectivity index (χ3v) is 2.21. The van der Waals surface area contributed by atoms with Crippen LogP contribution in [0.2, 0.25) is 0 Å². The van der Waals surface area contributed by atoms with E-state index in [1.807, 2.05) is 0 Å². The van der Waals surface area contributed by atoms with Crippen LogP contribution < -0.4 is 9.47 Å². The molecule has 78 valence electrons. The van der Waals surface area contributed by atoms with Gasteiger partial charge in [-0.15, -0.1) is 23.2 Å². The lowest BCUT2D eigenvalue weighted by atomic mass is 10.2. The first-order valence-electron chi connectivity index (χ1n) is 3.79. The molecule has 1 rings (SSSR count). The van der Waals surface area contributed by atoms with E-state index in [1.165, 1.54) is 26.4 Å². The van der Waals surface area contributed by atoms with Gasteiger partial charge in [0.25, 0.3) is 0 Å². The molecule has 5 heteroatoms. The lowest BCUT2D eigenvalue weighted by Gasteiger charge is -2.11. The Morgan fingerprint density at radius 2 is 1.86 bits per heavy atom. The third-order valence-electron chi connectivity index (χ3n) is 1.71. The first-order valence-corrected chi connectivity index (χ1v) is 4.67. The van der Waals surface area contributed by atoms with E-state index in [-0.39, 0.29) is 11.5 Å². The Labute approximate surface area is 91.5 Å². The molecule has 0 bridgehead atoms. The second-order valence-corrected chi connectivity index (χ2v) is 3.64. The van der Waals surface area contributed by atoms with Crippen LogP contribution in [0.15, 0.2) is 12.1 Å². The summed E-state index contributed by atoms with van der Waals surface area (Å²) in [5.41, 5.74) is 0.434. The molecular weight excluding hydrogens is 230 g/mol. The summed E-state index contributed by atoms with van der Waals surface area (Å²) < 4.78 is 23.1. The van der Waals surface area contributed by atoms with Gasteiger partial charge in [0.2, 0.25) is 0 Å². The molecule has 1 aromatic carbocycles. The van der Waals surface area contributed by atoms with Crippen molar-refractivity contribution < 1.29 is 13.9 Å². The number of rotatable bonds is 3. The molecule has 0 heterocycles. The monoisotopic (exact) mass is 238 g/mol. The van der Waals surface area contributed by atoms with Gasteiger partial charge in [0.15, 0.2) is 17.3 Å². The Morgan fingerprint density at radius 1 is 1.21 bits per heavy atom. The van der Waals surface area contributed by atoms with Crippen LogP contribution in [0.4, 0.5) is 4.39 Å². The highest BCUT2D eigenvalue weighted by molar-refractivity contribution is 6.44. The Balaban J connectivity index is 3.24. The van der Waals surface area contributed by atoms with Gasteiger partial charge in [0.1, 0.15) is 4.84 Å². The standard InChI is InChI=1S/C9H9Cl2FO2/c1-13-7-4-5(9(10)11)3-6(12)8(7)14-2/h3-4,9H,1-2H3. The van der Waals surface area contributed by atoms with Gasteiger partial charge in [0.05, 0.1) is 14.2 Å². The molecule has 0 aromatic heterocycles. The molecule has 1 aromatic rings. The molecule has 0 amide bonds. The number of ether oxygens (including phenoxy) is 2. The minimum absolute atomic E-state index is 0.0465. The van der Waals surface area contributed by atoms with E-state index in [2.05, 4.69) is 0 Å². The summed E-state index contributed by atoms with van der Waals surface area (Å²) in [6.07, 6.45) is 0. The summed E-state index contributed by atoms with van der Waals surface area (Å²) in [5, 5.41) is 0. The number of hydrogen-bond donors (Lipinski definition) is 0. The van der Waals surface area contributed by atoms with Crippen molar-refractivity contribution in [3.63, 3.8) is 0 Å². The van der Waals surface area contributed by atoms with Crippen LogP contribution in [0.5, 0.6) is 11.5 Å². The molecular formula is C9H9Cl2FO2. The van der Waals surface area contributed by atoms with Crippen molar-refractivity contribution in [1.29, 1.82) is 0 Å². The first-order chi connectivity index (χ1) is 6.60. The summed E-state index contributed by atoms with van der Waals surface area (Å²) in [6, 6.07) is 2.75. The molecule has 0 unspecified atom stereocenters. The summed E-state index contributed by atoms with van der Waals surface area (Å²) >= 11 is 11.2. The zero-order valence-electron chi connectivity index (χ0n) is 7.68. The summed E-state index contributed by atoms with van der Waals surface area (Å²) in [5.74, 6) is -0.229. The zero-order valence-corrected chi connectivity index (χ0v) is 9.19. The van der Waals surface area contributed by atoms with Crippen molar-refractivity contribution in [1.82, 2.24) is 0 Å². The molecule has 0 fully saturated rings. The maximum absolute atomic E-state index is 13.3. The summed E-state index contributed by atoms with van der Waals surface area (Å²) in [7, 11) is 2.78. The normalized spacial score (nSPS) is 10.4. The Hall–Kier alpha value is -0.670. The van der Waals surface area contributed by atoms with Crippen molar-refractivity contribution >= 4 is 23.2 Å². The van der Waals surface area contributed by atoms with Crippen LogP contribution >= 0.6 is 23.2 Å². The molecule has 0 spiro atoms. The van der Waals surface area contributed by atoms with E-state index >= 15 is 0 Å². The van der Waals surface area contributed by atoms with Crippen molar-refractivity contribution in [2.24, 2.45) is 0 Å². The van der Waals surface area contributed by atoms with E-state index in [9.17, 15) is 4.39 Å². The maximum atomic E-state index is 13.3. The maximum Gasteiger partial charge on any atom is 0.196 e. The quantitative estimate of drug-likeness (QED) is 0.753. The lowest BCUT2D eigenvalue weighted by molar-refractivity contribution is 0.337. The molecule has 0 saturated heterocycles. The highest BCUT2D eigenvalue weighted by Crippen LogP contribution is 2.36. The molecule has 0 atom stereocenters. The fourth-order valence-electron chi connectivity index (χ4n) is 1.06. The van der Waals surface area contributed by atoms with Gasteiger partial charge in [-0.1, -0.05) is 0 Å². The predicted molar refractivity (Wildman–Crippen MR) is 54.0 cm³/mol. The predicted octanol–water partition coefficient (Wildman–Crippen LogP) is 3.32. The molecule has 0 aliphatic heterocycles. The fraction of sp³-hybridized carbons (Fsp3) is 0.333. The minimum atomic E-state index is -0.788. The largest absolute Gasteiger partial charge is 0.493 e. The van der Waals surface area contributed by atoms with Crippen LogP contribution in [0.1, 0.15) is 10.4 Å². The van der Waals surface area contributed by atoms with Gasteiger partial charge >= 0.3 is 0 Å². The highest BCUT2D eigenvalue weighted by Gasteiger charge is 2.15. The van der Waals surface area contributed by atoms with Crippen molar-refractivity contribution in [3.05, 3.63) is 23.5 Å². The van der Waals surface area contributed by atoms with Crippen LogP contribution in [0, 0.1) is 5.82 Å². The van der Waals surface area contributed by atoms with E-state index in [0.717, 1.165) is 0 Å². The van der Waals surface area contributed by atoms with Crippen LogP contribution in [-0.4, -0.2) is 14.2 Å². The van der Waals surface area contributed by atoms with Gasteiger partial charge < -0.3 is 9.47 Å². The van der Waals surface area contributed by atoms with Crippen LogP contribution in [0.25, 0.3) is 0 Å². The molecule has 14 heavy (non-hydrogen) atoms. The second-order valence-electron chi connectivity index (χ2n) is 2.54. The zero-order chi connectivity index (χ0) is 10.7. The van der Waals surface area contributed by atoms with Crippen molar-refractivity contribution in [2.75, 3.05) is 14.2 Å². The average molecular weight is 239 g/mol. The smallest absolute Gasteiger partial charge is 0.196 e. The minimum Gasteiger partial charge on any atom is -0.493 e. The van der Waals surface area contributed by atoms with Gasteiger partial charge in [0, 0.05) is 0 Å². The van der Waals surface area contributed by atoms with Crippen LogP contribution in [-0.2, 0) is 0 Å². The van der Waals surface area contributed by atoms with Gasteiger partial charge in [-0.25, -0.2) is 4.39 Å². The number of benzene rings is 1. The number of alkyl halides is 2. The topological polar surface area (TPSA) is 18.5 Å². The third kappa shape index (κ3) is 2.22. The number of halogens is 3. The Bertz CT molecular complexity index is 329. The van der Waals surface area contributed by atoms with Crippen molar-refractivity contribution in [3.8, 4) is 11.5 Å². The molecule has 0 saturated carbocycles. The molecule has 0 aliphatic rings. The second kappa shape index (κ2) is 4.71. The highest BCUT2D eigenvalue weighted by atomic mass is 35.5. The summed E-state index contributed by atoms with van der Waals surface area (Å²) in [6.45, 7) is 0. The molecule has 0 N–H and O–H groups in total. The van der Waals surface area contributed by atoms with Crippen molar-refractivity contribution in [2.45, 2.75) is 4.84 Å². The Morgan fingerprint density at radius 3 is 2.29 bits per heavy atom. The number of methoxy groups -OCH3 is 2. The van der Waals surface area contributed by atoms with E-state index in [1.54, 1.807) is 0 Å². The van der Waals surface area contributed by atoms with E-state index in [4.69, 9.17) is 32.7 Å². The fourth-order valence-corrected chi connectivity index (χ4v) is 1.32. The van der Waals surface area contributed by atoms with E-state index in [0.29, 0.717) is 5.56 Å². The average Bonchev–Trinajstić information content (AvgIpc) is 2.16. The van der Waals surface area contributed by atoms with Gasteiger partial charge in [-0.2, -0.15) is 0 Å². The van der Waals surface area contributed by atoms with Gasteiger partial charge in [-0.05, 0) is 17.7 Å². The lowest BCUT2D eigenvalue weighted by Crippen LogP contribution is -1.96. The number of hydrogen-bond acceptors (Lipinski definition) is 2. The molecule has 0 aliphatic carbocycles. The van der Waals surface area contributed by atoms with Gasteiger partial charge in [-0.3, -0.25) is 0 Å². The molecule has 0 radical (unpaired) electrons. The SMILES string of the molecule is COc1cc(C(Cl)Cl)cc(F)c1OC. The Kier molecular flexibility index (Phi) is 3.84. The van der Waals surface area contributed by atoms with Crippen LogP contribution in [0.3, 0.4) is 0 Å².